The van der Waals surface area contributed by atoms with Crippen molar-refractivity contribution in [2.24, 2.45) is 0 Å². The van der Waals surface area contributed by atoms with E-state index in [9.17, 15) is 4.79 Å². The van der Waals surface area contributed by atoms with Crippen molar-refractivity contribution in [1.82, 2.24) is 4.90 Å². The van der Waals surface area contributed by atoms with Crippen LogP contribution < -0.4 is 9.47 Å². The van der Waals surface area contributed by atoms with Crippen molar-refractivity contribution in [3.8, 4) is 11.5 Å². The first-order valence-electron chi connectivity index (χ1n) is 6.30. The summed E-state index contributed by atoms with van der Waals surface area (Å²) in [4.78, 5) is 14.4. The molecule has 1 saturated heterocycles. The van der Waals surface area contributed by atoms with Crippen LogP contribution in [-0.2, 0) is 0 Å². The van der Waals surface area contributed by atoms with Crippen LogP contribution in [0, 0.1) is 0 Å². The lowest BCUT2D eigenvalue weighted by Gasteiger charge is -2.48. The minimum absolute atomic E-state index is 0.0357. The molecule has 0 aromatic heterocycles. The number of hydrogen-bond donors (Lipinski definition) is 0. The molecule has 0 radical (unpaired) electrons. The van der Waals surface area contributed by atoms with Gasteiger partial charge < -0.3 is 14.4 Å². The molecule has 4 nitrogen and oxygen atoms in total. The van der Waals surface area contributed by atoms with Gasteiger partial charge in [0.05, 0.1) is 5.56 Å². The molecule has 18 heavy (non-hydrogen) atoms. The van der Waals surface area contributed by atoms with Gasteiger partial charge in [-0.3, -0.25) is 4.79 Å². The normalized spacial score (nSPS) is 20.2. The van der Waals surface area contributed by atoms with Gasteiger partial charge in [0.1, 0.15) is 13.2 Å². The number of nitrogens with zero attached hydrogens (tertiary/aromatic N) is 1. The Hall–Kier alpha value is -1.71. The Labute approximate surface area is 106 Å². The first kappa shape index (κ1) is 11.4. The average molecular weight is 247 g/mol. The van der Waals surface area contributed by atoms with E-state index >= 15 is 0 Å². The highest BCUT2D eigenvalue weighted by Crippen LogP contribution is 2.37. The van der Waals surface area contributed by atoms with Gasteiger partial charge in [0.2, 0.25) is 0 Å². The summed E-state index contributed by atoms with van der Waals surface area (Å²) in [6, 6.07) is 5.49. The van der Waals surface area contributed by atoms with Crippen molar-refractivity contribution in [2.75, 3.05) is 19.8 Å². The molecule has 3 rings (SSSR count). The number of benzene rings is 1. The number of amides is 1. The number of likely N-dealkylation sites (tertiary alicyclic amines) is 1. The molecule has 0 aliphatic carbocycles. The fourth-order valence-corrected chi connectivity index (χ4v) is 2.43. The van der Waals surface area contributed by atoms with Crippen LogP contribution in [0.15, 0.2) is 18.2 Å². The fraction of sp³-hybridized carbons (Fsp3) is 0.500. The van der Waals surface area contributed by atoms with E-state index in [0.29, 0.717) is 30.3 Å². The maximum Gasteiger partial charge on any atom is 0.258 e. The van der Waals surface area contributed by atoms with Gasteiger partial charge in [-0.25, -0.2) is 0 Å². The largest absolute Gasteiger partial charge is 0.486 e. The van der Waals surface area contributed by atoms with Crippen LogP contribution >= 0.6 is 0 Å². The monoisotopic (exact) mass is 247 g/mol. The van der Waals surface area contributed by atoms with Gasteiger partial charge >= 0.3 is 0 Å². The molecule has 1 aromatic rings. The number of para-hydroxylation sites is 1. The minimum Gasteiger partial charge on any atom is -0.486 e. The predicted molar refractivity (Wildman–Crippen MR) is 67.2 cm³/mol. The molecule has 0 atom stereocenters. The summed E-state index contributed by atoms with van der Waals surface area (Å²) in [6.07, 6.45) is 1.05. The Morgan fingerprint density at radius 1 is 1.28 bits per heavy atom. The zero-order chi connectivity index (χ0) is 12.8. The summed E-state index contributed by atoms with van der Waals surface area (Å²) in [5, 5.41) is 0. The summed E-state index contributed by atoms with van der Waals surface area (Å²) in [5.74, 6) is 1.30. The highest BCUT2D eigenvalue weighted by Gasteiger charge is 2.40. The Balaban J connectivity index is 1.95. The van der Waals surface area contributed by atoms with E-state index in [1.165, 1.54) is 0 Å². The molecular weight excluding hydrogens is 230 g/mol. The topological polar surface area (TPSA) is 38.8 Å². The summed E-state index contributed by atoms with van der Waals surface area (Å²) in [5.41, 5.74) is 0.565. The zero-order valence-corrected chi connectivity index (χ0v) is 10.7. The highest BCUT2D eigenvalue weighted by molar-refractivity contribution is 5.98. The summed E-state index contributed by atoms with van der Waals surface area (Å²) in [6.45, 7) is 6.03. The van der Waals surface area contributed by atoms with E-state index < -0.39 is 0 Å². The lowest BCUT2D eigenvalue weighted by atomic mass is 9.88. The minimum atomic E-state index is -0.0463. The average Bonchev–Trinajstić information content (AvgIpc) is 2.37. The van der Waals surface area contributed by atoms with Gasteiger partial charge in [-0.15, -0.1) is 0 Å². The van der Waals surface area contributed by atoms with Crippen LogP contribution in [0.2, 0.25) is 0 Å². The lowest BCUT2D eigenvalue weighted by molar-refractivity contribution is 0.0151. The number of ether oxygens (including phenoxy) is 2. The summed E-state index contributed by atoms with van der Waals surface area (Å²) in [7, 11) is 0. The molecule has 96 valence electrons. The number of carbonyl (C=O) groups excluding carboxylic acids is 1. The van der Waals surface area contributed by atoms with Crippen LogP contribution in [0.25, 0.3) is 0 Å². The zero-order valence-electron chi connectivity index (χ0n) is 10.7. The highest BCUT2D eigenvalue weighted by atomic mass is 16.6. The molecule has 2 aliphatic heterocycles. The second kappa shape index (κ2) is 3.90. The second-order valence-corrected chi connectivity index (χ2v) is 5.35. The Bertz CT molecular complexity index is 496. The Morgan fingerprint density at radius 2 is 2.06 bits per heavy atom. The maximum absolute atomic E-state index is 12.5. The van der Waals surface area contributed by atoms with Crippen molar-refractivity contribution < 1.29 is 14.3 Å². The molecule has 0 saturated carbocycles. The lowest BCUT2D eigenvalue weighted by Crippen LogP contribution is -2.58. The smallest absolute Gasteiger partial charge is 0.258 e. The molecule has 2 heterocycles. The first-order valence-corrected chi connectivity index (χ1v) is 6.30. The van der Waals surface area contributed by atoms with Crippen molar-refractivity contribution in [1.29, 1.82) is 0 Å². The van der Waals surface area contributed by atoms with Gasteiger partial charge in [0, 0.05) is 12.1 Å². The van der Waals surface area contributed by atoms with Crippen molar-refractivity contribution in [3.63, 3.8) is 0 Å². The van der Waals surface area contributed by atoms with Gasteiger partial charge in [0.25, 0.3) is 5.91 Å². The van der Waals surface area contributed by atoms with E-state index in [2.05, 4.69) is 13.8 Å². The van der Waals surface area contributed by atoms with Gasteiger partial charge in [-0.2, -0.15) is 0 Å². The Kier molecular flexibility index (Phi) is 2.47. The molecule has 0 N–H and O–H groups in total. The van der Waals surface area contributed by atoms with E-state index in [0.717, 1.165) is 13.0 Å². The van der Waals surface area contributed by atoms with Gasteiger partial charge in [0.15, 0.2) is 11.5 Å². The third-order valence-electron chi connectivity index (χ3n) is 3.72. The molecule has 1 amide bonds. The van der Waals surface area contributed by atoms with Gasteiger partial charge in [-0.1, -0.05) is 6.07 Å². The summed E-state index contributed by atoms with van der Waals surface area (Å²) >= 11 is 0. The molecular formula is C14H17NO3. The molecule has 1 fully saturated rings. The number of carbonyl (C=O) groups is 1. The molecule has 4 heteroatoms. The summed E-state index contributed by atoms with van der Waals surface area (Å²) < 4.78 is 11.1. The van der Waals surface area contributed by atoms with E-state index in [1.807, 2.05) is 23.1 Å². The van der Waals surface area contributed by atoms with Gasteiger partial charge in [-0.05, 0) is 32.4 Å². The van der Waals surface area contributed by atoms with Crippen LogP contribution in [0.5, 0.6) is 11.5 Å². The molecule has 0 unspecified atom stereocenters. The predicted octanol–water partition coefficient (Wildman–Crippen LogP) is 2.08. The van der Waals surface area contributed by atoms with Crippen LogP contribution in [0.1, 0.15) is 30.6 Å². The quantitative estimate of drug-likeness (QED) is 0.762. The molecule has 1 aromatic carbocycles. The molecule has 0 bridgehead atoms. The van der Waals surface area contributed by atoms with Crippen molar-refractivity contribution in [3.05, 3.63) is 23.8 Å². The van der Waals surface area contributed by atoms with E-state index in [1.54, 1.807) is 0 Å². The SMILES string of the molecule is CC1(C)CCN1C(=O)c1cccc2c1OCCO2. The maximum atomic E-state index is 12.5. The van der Waals surface area contributed by atoms with E-state index in [4.69, 9.17) is 9.47 Å². The standard InChI is InChI=1S/C14H17NO3/c1-14(2)6-7-15(14)13(16)10-4-3-5-11-12(10)18-9-8-17-11/h3-5H,6-9H2,1-2H3. The second-order valence-electron chi connectivity index (χ2n) is 5.35. The van der Waals surface area contributed by atoms with Crippen molar-refractivity contribution >= 4 is 5.91 Å². The first-order chi connectivity index (χ1) is 8.59. The molecule has 2 aliphatic rings. The van der Waals surface area contributed by atoms with Crippen LogP contribution in [0.4, 0.5) is 0 Å². The number of hydrogen-bond acceptors (Lipinski definition) is 3. The van der Waals surface area contributed by atoms with E-state index in [-0.39, 0.29) is 11.4 Å². The van der Waals surface area contributed by atoms with Crippen molar-refractivity contribution in [2.45, 2.75) is 25.8 Å². The molecule has 0 spiro atoms. The van der Waals surface area contributed by atoms with Crippen LogP contribution in [-0.4, -0.2) is 36.1 Å². The third-order valence-corrected chi connectivity index (χ3v) is 3.72. The number of rotatable bonds is 1. The van der Waals surface area contributed by atoms with Crippen LogP contribution in [0.3, 0.4) is 0 Å². The fourth-order valence-electron chi connectivity index (χ4n) is 2.43. The Morgan fingerprint density at radius 3 is 2.72 bits per heavy atom. The third kappa shape index (κ3) is 1.64. The number of fused-ring (bicyclic) bond motifs is 1.